The number of aliphatic hydroxyl groups excluding tert-OH is 1. The first kappa shape index (κ1) is 98.9. The van der Waals surface area contributed by atoms with Crippen LogP contribution >= 0.6 is 15.6 Å². The first-order valence-electron chi connectivity index (χ1n) is 40.1. The Morgan fingerprint density at radius 3 is 0.788 bits per heavy atom. The summed E-state index contributed by atoms with van der Waals surface area (Å²) in [5, 5.41) is 10.6. The summed E-state index contributed by atoms with van der Waals surface area (Å²) < 4.78 is 68.6. The lowest BCUT2D eigenvalue weighted by molar-refractivity contribution is -0.161. The fourth-order valence-electron chi connectivity index (χ4n) is 10.3. The highest BCUT2D eigenvalue weighted by atomic mass is 31.2. The summed E-state index contributed by atoms with van der Waals surface area (Å²) >= 11 is 0. The van der Waals surface area contributed by atoms with Gasteiger partial charge in [-0.1, -0.05) is 270 Å². The Kier molecular flexibility index (Phi) is 72.4. The minimum Gasteiger partial charge on any atom is -0.462 e. The molecule has 3 N–H and O–H groups in total. The number of carbonyl (C=O) groups is 4. The third-order valence-corrected chi connectivity index (χ3v) is 18.2. The number of rotatable bonds is 74. The molecule has 0 aliphatic rings. The van der Waals surface area contributed by atoms with Gasteiger partial charge in [0.2, 0.25) is 0 Å². The van der Waals surface area contributed by atoms with Crippen LogP contribution in [0.3, 0.4) is 0 Å². The highest BCUT2D eigenvalue weighted by molar-refractivity contribution is 7.47. The van der Waals surface area contributed by atoms with E-state index in [1.165, 1.54) is 25.7 Å². The summed E-state index contributed by atoms with van der Waals surface area (Å²) in [7, 11) is -9.98. The third-order valence-electron chi connectivity index (χ3n) is 16.3. The van der Waals surface area contributed by atoms with Crippen LogP contribution in [0.15, 0.2) is 146 Å². The van der Waals surface area contributed by atoms with E-state index in [0.29, 0.717) is 25.7 Å². The second kappa shape index (κ2) is 76.1. The Hall–Kier alpha value is -5.06. The van der Waals surface area contributed by atoms with Gasteiger partial charge in [-0.2, -0.15) is 0 Å². The van der Waals surface area contributed by atoms with Gasteiger partial charge in [0, 0.05) is 25.7 Å². The van der Waals surface area contributed by atoms with E-state index < -0.39 is 97.5 Å². The van der Waals surface area contributed by atoms with E-state index in [0.717, 1.165) is 205 Å². The fourth-order valence-corrected chi connectivity index (χ4v) is 11.8. The monoisotopic (exact) mass is 1500 g/mol. The molecule has 0 aromatic heterocycles. The van der Waals surface area contributed by atoms with Gasteiger partial charge in [0.15, 0.2) is 12.2 Å². The Morgan fingerprint density at radius 1 is 0.279 bits per heavy atom. The lowest BCUT2D eigenvalue weighted by Crippen LogP contribution is -2.30. The average Bonchev–Trinajstić information content (AvgIpc) is 0.939. The van der Waals surface area contributed by atoms with Crippen LogP contribution in [-0.2, 0) is 65.4 Å². The molecule has 594 valence electrons. The smallest absolute Gasteiger partial charge is 0.462 e. The average molecular weight is 1500 g/mol. The number of allylic oxidation sites excluding steroid dienone is 24. The zero-order valence-corrected chi connectivity index (χ0v) is 66.7. The summed E-state index contributed by atoms with van der Waals surface area (Å²) in [5.41, 5.74) is 0. The Bertz CT molecular complexity index is 2540. The van der Waals surface area contributed by atoms with Crippen molar-refractivity contribution in [2.75, 3.05) is 39.6 Å². The van der Waals surface area contributed by atoms with Gasteiger partial charge in [0.05, 0.1) is 26.4 Å². The number of ether oxygens (including phenoxy) is 4. The summed E-state index contributed by atoms with van der Waals surface area (Å²) in [6, 6.07) is 0. The predicted molar refractivity (Wildman–Crippen MR) is 427 cm³/mol. The number of phosphoric ester groups is 2. The van der Waals surface area contributed by atoms with Gasteiger partial charge in [-0.15, -0.1) is 0 Å². The van der Waals surface area contributed by atoms with E-state index in [9.17, 15) is 43.2 Å². The minimum absolute atomic E-state index is 0.0689. The standard InChI is InChI=1S/C85H142O17P2/c1-5-9-13-17-21-25-29-33-36-38-39-41-44-47-50-54-58-62-66-70-83(88)95-75-80(101-84(89)71-67-63-59-55-51-45-32-28-24-20-16-12-8-4)77-99-103(91,92)97-73-79(86)74-98-104(93,94)100-78-81(102-85(90)72-68-64-60-56-52-48-42-35-31-27-23-19-15-11-7-3)76-96-82(87)69-65-61-57-53-49-46-43-40-37-34-30-26-22-18-14-10-6-2/h9-11,13-15,21-23,25-28,32-37,39,41-42,47,50,79-81,86H,5-8,12,16-20,24,29-31,38,40,43-46,48-49,51-78H2,1-4H3,(H,91,92)(H,93,94)/b13-9-,14-10-,15-11-,25-21-,26-22-,27-23-,32-28-,36-33-,37-34-,41-39-,42-35-,50-47-. The molecule has 19 heteroatoms. The van der Waals surface area contributed by atoms with E-state index in [1.807, 2.05) is 0 Å². The zero-order chi connectivity index (χ0) is 76.0. The van der Waals surface area contributed by atoms with Crippen molar-refractivity contribution in [1.82, 2.24) is 0 Å². The van der Waals surface area contributed by atoms with Crippen LogP contribution in [-0.4, -0.2) is 96.7 Å². The van der Waals surface area contributed by atoms with E-state index in [1.54, 1.807) is 0 Å². The van der Waals surface area contributed by atoms with Crippen LogP contribution in [0.4, 0.5) is 0 Å². The molecule has 5 atom stereocenters. The van der Waals surface area contributed by atoms with Crippen molar-refractivity contribution >= 4 is 39.5 Å². The second-order valence-corrected chi connectivity index (χ2v) is 29.1. The van der Waals surface area contributed by atoms with Crippen molar-refractivity contribution in [2.45, 2.75) is 329 Å². The second-order valence-electron chi connectivity index (χ2n) is 26.2. The molecular weight excluding hydrogens is 1350 g/mol. The van der Waals surface area contributed by atoms with Crippen LogP contribution in [0.2, 0.25) is 0 Å². The van der Waals surface area contributed by atoms with E-state index in [4.69, 9.17) is 37.0 Å². The van der Waals surface area contributed by atoms with Gasteiger partial charge in [0.25, 0.3) is 0 Å². The molecule has 0 aromatic carbocycles. The number of phosphoric acid groups is 2. The number of carbonyl (C=O) groups excluding carboxylic acids is 4. The first-order valence-corrected chi connectivity index (χ1v) is 43.1. The molecule has 17 nitrogen and oxygen atoms in total. The van der Waals surface area contributed by atoms with Crippen LogP contribution in [0.5, 0.6) is 0 Å². The number of hydrogen-bond donors (Lipinski definition) is 3. The largest absolute Gasteiger partial charge is 0.472 e. The lowest BCUT2D eigenvalue weighted by atomic mass is 10.1. The molecule has 0 radical (unpaired) electrons. The molecule has 0 heterocycles. The quantitative estimate of drug-likeness (QED) is 0.0169. The van der Waals surface area contributed by atoms with Crippen molar-refractivity contribution in [1.29, 1.82) is 0 Å². The Balaban J connectivity index is 5.40. The molecule has 0 fully saturated rings. The van der Waals surface area contributed by atoms with Gasteiger partial charge in [-0.05, 0) is 161 Å². The van der Waals surface area contributed by atoms with Crippen LogP contribution in [0.25, 0.3) is 0 Å². The van der Waals surface area contributed by atoms with Gasteiger partial charge in [-0.3, -0.25) is 37.3 Å². The van der Waals surface area contributed by atoms with E-state index >= 15 is 0 Å². The summed E-state index contributed by atoms with van der Waals surface area (Å²) in [5.74, 6) is -2.25. The lowest BCUT2D eigenvalue weighted by Gasteiger charge is -2.21. The van der Waals surface area contributed by atoms with E-state index in [-0.39, 0.29) is 25.7 Å². The van der Waals surface area contributed by atoms with Crippen molar-refractivity contribution < 1.29 is 80.2 Å². The predicted octanol–water partition coefficient (Wildman–Crippen LogP) is 23.4. The Labute approximate surface area is 630 Å². The number of unbranched alkanes of at least 4 members (excludes halogenated alkanes) is 24. The normalized spacial score (nSPS) is 14.6. The molecule has 0 bridgehead atoms. The molecular formula is C85H142O17P2. The fraction of sp³-hybridized carbons (Fsp3) is 0.671. The maximum Gasteiger partial charge on any atom is 0.472 e. The van der Waals surface area contributed by atoms with Crippen molar-refractivity contribution in [3.8, 4) is 0 Å². The molecule has 0 aliphatic heterocycles. The van der Waals surface area contributed by atoms with Gasteiger partial charge >= 0.3 is 39.5 Å². The number of aliphatic hydroxyl groups is 1. The molecule has 0 amide bonds. The van der Waals surface area contributed by atoms with Gasteiger partial charge in [0.1, 0.15) is 19.3 Å². The van der Waals surface area contributed by atoms with Gasteiger partial charge < -0.3 is 33.8 Å². The Morgan fingerprint density at radius 2 is 0.500 bits per heavy atom. The molecule has 0 aliphatic carbocycles. The maximum atomic E-state index is 13.1. The summed E-state index contributed by atoms with van der Waals surface area (Å²) in [6.45, 7) is 4.45. The molecule has 104 heavy (non-hydrogen) atoms. The minimum atomic E-state index is -4.99. The number of esters is 4. The van der Waals surface area contributed by atoms with Crippen molar-refractivity contribution in [3.63, 3.8) is 0 Å². The molecule has 0 saturated heterocycles. The molecule has 0 rings (SSSR count). The topological polar surface area (TPSA) is 237 Å². The molecule has 5 unspecified atom stereocenters. The van der Waals surface area contributed by atoms with E-state index in [2.05, 4.69) is 174 Å². The molecule has 0 aromatic rings. The number of hydrogen-bond acceptors (Lipinski definition) is 15. The third kappa shape index (κ3) is 75.2. The van der Waals surface area contributed by atoms with Crippen LogP contribution < -0.4 is 0 Å². The van der Waals surface area contributed by atoms with Crippen LogP contribution in [0.1, 0.15) is 310 Å². The van der Waals surface area contributed by atoms with Gasteiger partial charge in [-0.25, -0.2) is 9.13 Å². The summed E-state index contributed by atoms with van der Waals surface area (Å²) in [6.07, 6.45) is 86.8. The SMILES string of the molecule is CC/C=C\C/C=C\C/C=C\C/C=C\C/C=C\CCCCCC(=O)OCC(COP(=O)(O)OCC(O)COP(=O)(O)OCC(COC(=O)CCCCCCCCC/C=C\C/C=C\C/C=C\CC)OC(=O)CCCCCCC/C=C\C/C=C\C/C=C\CC)OC(=O)CCCCCCC/C=C\CCCCCC. The molecule has 0 saturated carbocycles. The zero-order valence-electron chi connectivity index (χ0n) is 64.9. The van der Waals surface area contributed by atoms with Crippen LogP contribution in [0, 0.1) is 0 Å². The summed E-state index contributed by atoms with van der Waals surface area (Å²) in [4.78, 5) is 73.0. The molecule has 0 spiro atoms. The van der Waals surface area contributed by atoms with Crippen molar-refractivity contribution in [3.05, 3.63) is 146 Å². The maximum absolute atomic E-state index is 13.1. The first-order chi connectivity index (χ1) is 50.7. The highest BCUT2D eigenvalue weighted by Crippen LogP contribution is 2.45. The highest BCUT2D eigenvalue weighted by Gasteiger charge is 2.30. The van der Waals surface area contributed by atoms with Crippen molar-refractivity contribution in [2.24, 2.45) is 0 Å².